The number of nitrogens with one attached hydrogen (secondary N) is 2. The molecule has 0 radical (unpaired) electrons. The smallest absolute Gasteiger partial charge is 0.407 e. The van der Waals surface area contributed by atoms with Crippen LogP contribution in [0.4, 0.5) is 4.79 Å². The molecule has 0 aromatic carbocycles. The number of carbonyl (C=O) groups excluding carboxylic acids is 1. The van der Waals surface area contributed by atoms with Crippen LogP contribution in [0.15, 0.2) is 12.2 Å². The summed E-state index contributed by atoms with van der Waals surface area (Å²) >= 11 is 0. The van der Waals surface area contributed by atoms with Gasteiger partial charge in [0.15, 0.2) is 0 Å². The van der Waals surface area contributed by atoms with E-state index in [-0.39, 0.29) is 6.09 Å². The molecule has 2 unspecified atom stereocenters. The van der Waals surface area contributed by atoms with Crippen LogP contribution >= 0.6 is 0 Å². The van der Waals surface area contributed by atoms with Crippen molar-refractivity contribution < 1.29 is 9.53 Å². The third-order valence-electron chi connectivity index (χ3n) is 3.67. The number of hydrogen-bond acceptors (Lipinski definition) is 3. The quantitative estimate of drug-likeness (QED) is 0.583. The van der Waals surface area contributed by atoms with E-state index in [1.54, 1.807) is 0 Å². The normalized spacial score (nSPS) is 23.2. The van der Waals surface area contributed by atoms with E-state index < -0.39 is 5.60 Å². The van der Waals surface area contributed by atoms with Crippen molar-refractivity contribution >= 4 is 6.09 Å². The molecule has 122 valence electrons. The highest BCUT2D eigenvalue weighted by Crippen LogP contribution is 2.27. The van der Waals surface area contributed by atoms with Gasteiger partial charge in [0, 0.05) is 13.1 Å². The second kappa shape index (κ2) is 9.08. The van der Waals surface area contributed by atoms with Crippen molar-refractivity contribution in [3.8, 4) is 0 Å². The summed E-state index contributed by atoms with van der Waals surface area (Å²) in [6, 6.07) is 0. The lowest BCUT2D eigenvalue weighted by molar-refractivity contribution is 0.0534. The minimum atomic E-state index is -0.438. The number of alkyl carbamates (subject to hydrolysis) is 1. The van der Waals surface area contributed by atoms with Crippen molar-refractivity contribution in [3.63, 3.8) is 0 Å². The molecule has 0 saturated heterocycles. The standard InChI is InChI=1S/C17H32N2O2/c1-14-8-7-9-15(12-14)13-18-10-5-6-11-19-16(20)21-17(2,3)4/h5-6,14-15,18H,7-13H2,1-4H3,(H,19,20)/b6-5+. The highest BCUT2D eigenvalue weighted by Gasteiger charge is 2.18. The number of hydrogen-bond donors (Lipinski definition) is 2. The van der Waals surface area contributed by atoms with Crippen LogP contribution in [0.2, 0.25) is 0 Å². The monoisotopic (exact) mass is 296 g/mol. The first-order valence-corrected chi connectivity index (χ1v) is 8.19. The third-order valence-corrected chi connectivity index (χ3v) is 3.67. The van der Waals surface area contributed by atoms with Gasteiger partial charge < -0.3 is 15.4 Å². The molecule has 1 fully saturated rings. The molecule has 4 heteroatoms. The van der Waals surface area contributed by atoms with Crippen LogP contribution in [0, 0.1) is 11.8 Å². The first kappa shape index (κ1) is 18.0. The largest absolute Gasteiger partial charge is 0.444 e. The van der Waals surface area contributed by atoms with Gasteiger partial charge in [-0.3, -0.25) is 0 Å². The SMILES string of the molecule is CC1CCCC(CNC/C=C/CNC(=O)OC(C)(C)C)C1. The molecule has 1 saturated carbocycles. The number of carbonyl (C=O) groups is 1. The summed E-state index contributed by atoms with van der Waals surface area (Å²) in [6.45, 7) is 10.4. The van der Waals surface area contributed by atoms with Gasteiger partial charge in [-0.2, -0.15) is 0 Å². The predicted octanol–water partition coefficient (Wildman–Crippen LogP) is 3.48. The molecule has 0 heterocycles. The average Bonchev–Trinajstić information content (AvgIpc) is 2.35. The van der Waals surface area contributed by atoms with Crippen LogP contribution in [-0.2, 0) is 4.74 Å². The molecule has 0 aliphatic heterocycles. The summed E-state index contributed by atoms with van der Waals surface area (Å²) in [7, 11) is 0. The highest BCUT2D eigenvalue weighted by atomic mass is 16.6. The van der Waals surface area contributed by atoms with Crippen LogP contribution < -0.4 is 10.6 Å². The number of ether oxygens (including phenoxy) is 1. The first-order chi connectivity index (χ1) is 9.87. The molecule has 0 spiro atoms. The fourth-order valence-corrected chi connectivity index (χ4v) is 2.74. The van der Waals surface area contributed by atoms with Gasteiger partial charge in [-0.15, -0.1) is 0 Å². The van der Waals surface area contributed by atoms with Crippen LogP contribution in [0.5, 0.6) is 0 Å². The second-order valence-electron chi connectivity index (χ2n) is 7.15. The van der Waals surface area contributed by atoms with Crippen molar-refractivity contribution in [1.82, 2.24) is 10.6 Å². The Morgan fingerprint density at radius 1 is 1.24 bits per heavy atom. The Morgan fingerprint density at radius 3 is 2.62 bits per heavy atom. The lowest BCUT2D eigenvalue weighted by atomic mass is 9.82. The van der Waals surface area contributed by atoms with Gasteiger partial charge in [0.05, 0.1) is 0 Å². The number of amides is 1. The minimum Gasteiger partial charge on any atom is -0.444 e. The van der Waals surface area contributed by atoms with E-state index in [1.807, 2.05) is 26.8 Å². The van der Waals surface area contributed by atoms with E-state index in [1.165, 1.54) is 25.7 Å². The van der Waals surface area contributed by atoms with Crippen LogP contribution in [0.1, 0.15) is 53.4 Å². The highest BCUT2D eigenvalue weighted by molar-refractivity contribution is 5.67. The maximum Gasteiger partial charge on any atom is 0.407 e. The maximum absolute atomic E-state index is 11.4. The molecule has 21 heavy (non-hydrogen) atoms. The molecule has 1 aliphatic carbocycles. The molecule has 0 bridgehead atoms. The van der Waals surface area contributed by atoms with Gasteiger partial charge in [-0.05, 0) is 52.0 Å². The van der Waals surface area contributed by atoms with Crippen molar-refractivity contribution in [2.45, 2.75) is 59.0 Å². The van der Waals surface area contributed by atoms with Gasteiger partial charge in [-0.25, -0.2) is 4.79 Å². The Kier molecular flexibility index (Phi) is 7.79. The molecule has 0 aromatic heterocycles. The summed E-state index contributed by atoms with van der Waals surface area (Å²) in [5.74, 6) is 1.72. The lowest BCUT2D eigenvalue weighted by Crippen LogP contribution is -2.32. The molecule has 2 N–H and O–H groups in total. The van der Waals surface area contributed by atoms with E-state index in [2.05, 4.69) is 23.6 Å². The summed E-state index contributed by atoms with van der Waals surface area (Å²) in [6.07, 6.45) is 9.15. The molecular formula is C17H32N2O2. The topological polar surface area (TPSA) is 50.4 Å². The second-order valence-corrected chi connectivity index (χ2v) is 7.15. The van der Waals surface area contributed by atoms with Gasteiger partial charge >= 0.3 is 6.09 Å². The molecule has 1 amide bonds. The third kappa shape index (κ3) is 9.51. The Morgan fingerprint density at radius 2 is 1.95 bits per heavy atom. The fraction of sp³-hybridized carbons (Fsp3) is 0.824. The van der Waals surface area contributed by atoms with Gasteiger partial charge in [0.25, 0.3) is 0 Å². The Hall–Kier alpha value is -1.03. The summed E-state index contributed by atoms with van der Waals surface area (Å²) in [5, 5.41) is 6.18. The van der Waals surface area contributed by atoms with E-state index in [0.29, 0.717) is 6.54 Å². The number of rotatable bonds is 6. The Labute approximate surface area is 129 Å². The van der Waals surface area contributed by atoms with E-state index in [9.17, 15) is 4.79 Å². The predicted molar refractivity (Wildman–Crippen MR) is 87.4 cm³/mol. The minimum absolute atomic E-state index is 0.365. The van der Waals surface area contributed by atoms with Gasteiger partial charge in [0.2, 0.25) is 0 Å². The Balaban J connectivity index is 2.01. The fourth-order valence-electron chi connectivity index (χ4n) is 2.74. The molecule has 2 atom stereocenters. The summed E-state index contributed by atoms with van der Waals surface area (Å²) in [5.41, 5.74) is -0.438. The lowest BCUT2D eigenvalue weighted by Gasteiger charge is -2.26. The Bertz CT molecular complexity index is 334. The molecule has 1 rings (SSSR count). The van der Waals surface area contributed by atoms with Crippen LogP contribution in [-0.4, -0.2) is 31.3 Å². The molecule has 1 aliphatic rings. The van der Waals surface area contributed by atoms with Crippen molar-refractivity contribution in [2.24, 2.45) is 11.8 Å². The van der Waals surface area contributed by atoms with Gasteiger partial charge in [0.1, 0.15) is 5.60 Å². The first-order valence-electron chi connectivity index (χ1n) is 8.19. The van der Waals surface area contributed by atoms with Crippen LogP contribution in [0.25, 0.3) is 0 Å². The molecule has 0 aromatic rings. The zero-order valence-electron chi connectivity index (χ0n) is 14.1. The molecular weight excluding hydrogens is 264 g/mol. The van der Waals surface area contributed by atoms with E-state index in [4.69, 9.17) is 4.74 Å². The summed E-state index contributed by atoms with van der Waals surface area (Å²) in [4.78, 5) is 11.4. The van der Waals surface area contributed by atoms with Gasteiger partial charge in [-0.1, -0.05) is 31.9 Å². The van der Waals surface area contributed by atoms with E-state index >= 15 is 0 Å². The van der Waals surface area contributed by atoms with E-state index in [0.717, 1.165) is 24.9 Å². The average molecular weight is 296 g/mol. The van der Waals surface area contributed by atoms with Crippen molar-refractivity contribution in [3.05, 3.63) is 12.2 Å². The van der Waals surface area contributed by atoms with Crippen LogP contribution in [0.3, 0.4) is 0 Å². The molecule has 4 nitrogen and oxygen atoms in total. The van der Waals surface area contributed by atoms with Crippen molar-refractivity contribution in [1.29, 1.82) is 0 Å². The zero-order valence-corrected chi connectivity index (χ0v) is 14.1. The zero-order chi connectivity index (χ0) is 15.7. The van der Waals surface area contributed by atoms with Crippen molar-refractivity contribution in [2.75, 3.05) is 19.6 Å². The maximum atomic E-state index is 11.4. The summed E-state index contributed by atoms with van der Waals surface area (Å²) < 4.78 is 5.16.